The summed E-state index contributed by atoms with van der Waals surface area (Å²) in [7, 11) is 0. The highest BCUT2D eigenvalue weighted by Gasteiger charge is 2.11. The van der Waals surface area contributed by atoms with Crippen molar-refractivity contribution in [3.63, 3.8) is 0 Å². The number of hydrogen-bond acceptors (Lipinski definition) is 4. The Balaban J connectivity index is 2.00. The molecule has 1 N–H and O–H groups in total. The first kappa shape index (κ1) is 13.1. The third-order valence-electron chi connectivity index (χ3n) is 2.33. The SMILES string of the molecule is Cc1nc(-c2ccc(CNC(=O)C(C)Cl)o2)cs1. The van der Waals surface area contributed by atoms with E-state index in [1.165, 1.54) is 0 Å². The van der Waals surface area contributed by atoms with Gasteiger partial charge in [0.2, 0.25) is 5.91 Å². The van der Waals surface area contributed by atoms with Crippen molar-refractivity contribution < 1.29 is 9.21 Å². The van der Waals surface area contributed by atoms with Crippen LogP contribution in [0.2, 0.25) is 0 Å². The van der Waals surface area contributed by atoms with Crippen molar-refractivity contribution in [1.29, 1.82) is 0 Å². The van der Waals surface area contributed by atoms with Crippen LogP contribution < -0.4 is 5.32 Å². The first-order valence-corrected chi connectivity index (χ1v) is 6.81. The minimum atomic E-state index is -0.541. The summed E-state index contributed by atoms with van der Waals surface area (Å²) in [4.78, 5) is 15.6. The van der Waals surface area contributed by atoms with Gasteiger partial charge in [0.15, 0.2) is 5.76 Å². The lowest BCUT2D eigenvalue weighted by atomic mass is 10.3. The van der Waals surface area contributed by atoms with Gasteiger partial charge < -0.3 is 9.73 Å². The zero-order valence-electron chi connectivity index (χ0n) is 10.1. The number of carbonyl (C=O) groups is 1. The number of nitrogens with one attached hydrogen (secondary N) is 1. The van der Waals surface area contributed by atoms with Crippen LogP contribution in [-0.4, -0.2) is 16.3 Å². The van der Waals surface area contributed by atoms with Crippen molar-refractivity contribution in [3.8, 4) is 11.5 Å². The maximum absolute atomic E-state index is 11.3. The predicted octanol–water partition coefficient (Wildman–Crippen LogP) is 2.96. The number of hydrogen-bond donors (Lipinski definition) is 1. The van der Waals surface area contributed by atoms with E-state index in [9.17, 15) is 4.79 Å². The lowest BCUT2D eigenvalue weighted by Gasteiger charge is -2.03. The number of carbonyl (C=O) groups excluding carboxylic acids is 1. The van der Waals surface area contributed by atoms with Gasteiger partial charge in [0.05, 0.1) is 11.6 Å². The molecule has 18 heavy (non-hydrogen) atoms. The molecule has 1 amide bonds. The lowest BCUT2D eigenvalue weighted by Crippen LogP contribution is -2.28. The van der Waals surface area contributed by atoms with E-state index in [0.717, 1.165) is 10.7 Å². The van der Waals surface area contributed by atoms with Gasteiger partial charge in [-0.05, 0) is 26.0 Å². The van der Waals surface area contributed by atoms with Crippen molar-refractivity contribution in [2.45, 2.75) is 25.8 Å². The molecule has 0 fully saturated rings. The second-order valence-corrected chi connectivity index (χ2v) is 5.57. The average molecular weight is 285 g/mol. The molecule has 0 spiro atoms. The Labute approximate surface area is 114 Å². The summed E-state index contributed by atoms with van der Waals surface area (Å²) >= 11 is 7.22. The molecule has 0 aliphatic rings. The van der Waals surface area contributed by atoms with Crippen LogP contribution in [0.1, 0.15) is 17.7 Å². The van der Waals surface area contributed by atoms with Crippen LogP contribution in [0.25, 0.3) is 11.5 Å². The molecule has 6 heteroatoms. The molecule has 2 rings (SSSR count). The molecule has 0 saturated carbocycles. The van der Waals surface area contributed by atoms with E-state index < -0.39 is 5.38 Å². The number of aromatic nitrogens is 1. The first-order valence-electron chi connectivity index (χ1n) is 5.49. The van der Waals surface area contributed by atoms with Gasteiger partial charge in [-0.3, -0.25) is 4.79 Å². The van der Waals surface area contributed by atoms with Crippen LogP contribution in [0.5, 0.6) is 0 Å². The molecule has 0 bridgehead atoms. The molecule has 2 aromatic heterocycles. The van der Waals surface area contributed by atoms with E-state index in [2.05, 4.69) is 10.3 Å². The summed E-state index contributed by atoms with van der Waals surface area (Å²) in [6.45, 7) is 3.90. The fraction of sp³-hybridized carbons (Fsp3) is 0.333. The van der Waals surface area contributed by atoms with Gasteiger partial charge in [0, 0.05) is 5.38 Å². The summed E-state index contributed by atoms with van der Waals surface area (Å²) in [5, 5.41) is 5.08. The van der Waals surface area contributed by atoms with Crippen molar-refractivity contribution in [2.24, 2.45) is 0 Å². The third-order valence-corrected chi connectivity index (χ3v) is 3.30. The van der Waals surface area contributed by atoms with Crippen molar-refractivity contribution in [2.75, 3.05) is 0 Å². The van der Waals surface area contributed by atoms with Crippen LogP contribution in [0.4, 0.5) is 0 Å². The fourth-order valence-corrected chi connectivity index (χ4v) is 2.08. The summed E-state index contributed by atoms with van der Waals surface area (Å²) < 4.78 is 5.60. The molecule has 0 aromatic carbocycles. The molecule has 96 valence electrons. The first-order chi connectivity index (χ1) is 8.56. The molecule has 2 aromatic rings. The molecule has 1 atom stereocenters. The smallest absolute Gasteiger partial charge is 0.238 e. The average Bonchev–Trinajstić information content (AvgIpc) is 2.94. The second kappa shape index (κ2) is 5.54. The van der Waals surface area contributed by atoms with Crippen LogP contribution in [0.3, 0.4) is 0 Å². The predicted molar refractivity (Wildman–Crippen MR) is 71.7 cm³/mol. The molecular weight excluding hydrogens is 272 g/mol. The number of furan rings is 1. The van der Waals surface area contributed by atoms with E-state index in [1.54, 1.807) is 18.3 Å². The van der Waals surface area contributed by atoms with Crippen LogP contribution in [0, 0.1) is 6.92 Å². The van der Waals surface area contributed by atoms with E-state index >= 15 is 0 Å². The summed E-state index contributed by atoms with van der Waals surface area (Å²) in [6, 6.07) is 3.67. The normalized spacial score (nSPS) is 12.4. The van der Waals surface area contributed by atoms with E-state index in [-0.39, 0.29) is 5.91 Å². The van der Waals surface area contributed by atoms with Crippen LogP contribution in [0.15, 0.2) is 21.9 Å². The molecule has 0 aliphatic carbocycles. The maximum Gasteiger partial charge on any atom is 0.238 e. The number of alkyl halides is 1. The third kappa shape index (κ3) is 3.11. The van der Waals surface area contributed by atoms with E-state index in [0.29, 0.717) is 18.1 Å². The second-order valence-electron chi connectivity index (χ2n) is 3.85. The Kier molecular flexibility index (Phi) is 4.04. The molecule has 4 nitrogen and oxygen atoms in total. The molecular formula is C12H13ClN2O2S. The Morgan fingerprint density at radius 2 is 2.39 bits per heavy atom. The van der Waals surface area contributed by atoms with Gasteiger partial charge >= 0.3 is 0 Å². The van der Waals surface area contributed by atoms with Crippen molar-refractivity contribution in [3.05, 3.63) is 28.3 Å². The quantitative estimate of drug-likeness (QED) is 0.878. The molecule has 2 heterocycles. The minimum Gasteiger partial charge on any atom is -0.458 e. The van der Waals surface area contributed by atoms with Gasteiger partial charge in [0.25, 0.3) is 0 Å². The lowest BCUT2D eigenvalue weighted by molar-refractivity contribution is -0.120. The largest absolute Gasteiger partial charge is 0.458 e. The Morgan fingerprint density at radius 1 is 1.61 bits per heavy atom. The van der Waals surface area contributed by atoms with Gasteiger partial charge in [-0.1, -0.05) is 0 Å². The van der Waals surface area contributed by atoms with Gasteiger partial charge in [0.1, 0.15) is 16.8 Å². The number of rotatable bonds is 4. The highest BCUT2D eigenvalue weighted by atomic mass is 35.5. The molecule has 0 aliphatic heterocycles. The highest BCUT2D eigenvalue weighted by Crippen LogP contribution is 2.23. The maximum atomic E-state index is 11.3. The zero-order chi connectivity index (χ0) is 13.1. The monoisotopic (exact) mass is 284 g/mol. The zero-order valence-corrected chi connectivity index (χ0v) is 11.6. The molecule has 1 unspecified atom stereocenters. The summed E-state index contributed by atoms with van der Waals surface area (Å²) in [6.07, 6.45) is 0. The Morgan fingerprint density at radius 3 is 3.00 bits per heavy atom. The Bertz CT molecular complexity index is 548. The molecule has 0 radical (unpaired) electrons. The topological polar surface area (TPSA) is 55.1 Å². The van der Waals surface area contributed by atoms with Gasteiger partial charge in [-0.2, -0.15) is 0 Å². The number of aryl methyl sites for hydroxylation is 1. The molecule has 0 saturated heterocycles. The van der Waals surface area contributed by atoms with Gasteiger partial charge in [-0.25, -0.2) is 4.98 Å². The number of halogens is 1. The summed E-state index contributed by atoms with van der Waals surface area (Å²) in [5.74, 6) is 1.18. The fourth-order valence-electron chi connectivity index (χ4n) is 1.40. The summed E-state index contributed by atoms with van der Waals surface area (Å²) in [5.41, 5.74) is 0.820. The van der Waals surface area contributed by atoms with Crippen LogP contribution >= 0.6 is 22.9 Å². The van der Waals surface area contributed by atoms with Crippen molar-refractivity contribution in [1.82, 2.24) is 10.3 Å². The number of amides is 1. The van der Waals surface area contributed by atoms with Crippen molar-refractivity contribution >= 4 is 28.8 Å². The van der Waals surface area contributed by atoms with Crippen LogP contribution in [-0.2, 0) is 11.3 Å². The Hall–Kier alpha value is -1.33. The van der Waals surface area contributed by atoms with E-state index in [1.807, 2.05) is 24.4 Å². The highest BCUT2D eigenvalue weighted by molar-refractivity contribution is 7.09. The van der Waals surface area contributed by atoms with E-state index in [4.69, 9.17) is 16.0 Å². The minimum absolute atomic E-state index is 0.209. The number of nitrogens with zero attached hydrogens (tertiary/aromatic N) is 1. The standard InChI is InChI=1S/C12H13ClN2O2S/c1-7(13)12(16)14-5-9-3-4-11(17-9)10-6-18-8(2)15-10/h3-4,6-7H,5H2,1-2H3,(H,14,16). The number of thiazole rings is 1. The van der Waals surface area contributed by atoms with Gasteiger partial charge in [-0.15, -0.1) is 22.9 Å².